The van der Waals surface area contributed by atoms with E-state index in [9.17, 15) is 4.79 Å². The lowest BCUT2D eigenvalue weighted by molar-refractivity contribution is 0.254. The zero-order valence-electron chi connectivity index (χ0n) is 10.1. The number of rotatable bonds is 3. The van der Waals surface area contributed by atoms with Gasteiger partial charge in [0.1, 0.15) is 11.4 Å². The zero-order valence-corrected chi connectivity index (χ0v) is 10.1. The second kappa shape index (κ2) is 4.49. The van der Waals surface area contributed by atoms with Crippen molar-refractivity contribution < 1.29 is 9.32 Å². The van der Waals surface area contributed by atoms with Crippen LogP contribution in [0.15, 0.2) is 16.9 Å². The molecule has 0 aliphatic carbocycles. The Morgan fingerprint density at radius 1 is 1.56 bits per heavy atom. The lowest BCUT2D eigenvalue weighted by atomic mass is 10.2. The number of anilines is 1. The van der Waals surface area contributed by atoms with Crippen LogP contribution >= 0.6 is 0 Å². The largest absolute Gasteiger partial charge is 0.361 e. The highest BCUT2D eigenvalue weighted by Gasteiger charge is 2.13. The molecule has 18 heavy (non-hydrogen) atoms. The molecule has 96 valence electrons. The third-order valence-corrected chi connectivity index (χ3v) is 2.64. The van der Waals surface area contributed by atoms with E-state index in [2.05, 4.69) is 10.3 Å². The van der Waals surface area contributed by atoms with E-state index in [0.717, 1.165) is 22.0 Å². The van der Waals surface area contributed by atoms with Crippen molar-refractivity contribution >= 4 is 11.7 Å². The molecule has 2 rings (SSSR count). The van der Waals surface area contributed by atoms with Crippen LogP contribution in [0.3, 0.4) is 0 Å². The molecule has 0 bridgehead atoms. The molecule has 0 aliphatic rings. The molecule has 0 aromatic carbocycles. The van der Waals surface area contributed by atoms with Crippen molar-refractivity contribution in [2.45, 2.75) is 20.4 Å². The molecule has 0 saturated carbocycles. The summed E-state index contributed by atoms with van der Waals surface area (Å²) in [6.07, 6.45) is 3.08. The zero-order chi connectivity index (χ0) is 13.3. The maximum absolute atomic E-state index is 10.9. The Morgan fingerprint density at radius 2 is 2.28 bits per heavy atom. The number of nitrogens with two attached hydrogens (primary N) is 2. The summed E-state index contributed by atoms with van der Waals surface area (Å²) in [7, 11) is 0. The second-order valence-corrected chi connectivity index (χ2v) is 3.91. The van der Waals surface area contributed by atoms with Crippen LogP contribution in [-0.4, -0.2) is 21.0 Å². The number of aryl methyl sites for hydroxylation is 2. The molecule has 4 N–H and O–H groups in total. The molecule has 8 heteroatoms. The average Bonchev–Trinajstić information content (AvgIpc) is 2.90. The first kappa shape index (κ1) is 12.1. The number of nitrogens with zero attached hydrogens (tertiary/aromatic N) is 4. The average molecular weight is 250 g/mol. The molecule has 2 heterocycles. The third-order valence-electron chi connectivity index (χ3n) is 2.64. The number of amides is 2. The number of urea groups is 1. The van der Waals surface area contributed by atoms with Crippen LogP contribution in [0.2, 0.25) is 0 Å². The highest BCUT2D eigenvalue weighted by molar-refractivity contribution is 5.88. The van der Waals surface area contributed by atoms with Gasteiger partial charge in [-0.05, 0) is 13.8 Å². The molecule has 0 saturated heterocycles. The van der Waals surface area contributed by atoms with E-state index in [4.69, 9.17) is 16.1 Å². The fourth-order valence-electron chi connectivity index (χ4n) is 1.58. The van der Waals surface area contributed by atoms with E-state index in [1.165, 1.54) is 6.20 Å². The monoisotopic (exact) mass is 250 g/mol. The maximum atomic E-state index is 10.9. The van der Waals surface area contributed by atoms with Crippen LogP contribution in [0.25, 0.3) is 0 Å². The van der Waals surface area contributed by atoms with Gasteiger partial charge in [0.25, 0.3) is 0 Å². The summed E-state index contributed by atoms with van der Waals surface area (Å²) in [5.41, 5.74) is 7.25. The standard InChI is InChI=1S/C10H14N6O2/c1-6-9(7(2)18-14-6)5-15-4-8(3-13-15)16(12)10(11)17/h3-4H,5,12H2,1-2H3,(H2,11,17). The van der Waals surface area contributed by atoms with Crippen LogP contribution in [0.4, 0.5) is 10.5 Å². The molecule has 0 atom stereocenters. The molecule has 2 aromatic heterocycles. The second-order valence-electron chi connectivity index (χ2n) is 3.91. The first-order chi connectivity index (χ1) is 8.49. The fraction of sp³-hybridized carbons (Fsp3) is 0.300. The molecule has 2 amide bonds. The molecule has 0 unspecified atom stereocenters. The van der Waals surface area contributed by atoms with Gasteiger partial charge >= 0.3 is 6.03 Å². The highest BCUT2D eigenvalue weighted by atomic mass is 16.5. The molecule has 0 spiro atoms. The third kappa shape index (κ3) is 2.18. The van der Waals surface area contributed by atoms with Gasteiger partial charge in [0.15, 0.2) is 0 Å². The summed E-state index contributed by atoms with van der Waals surface area (Å²) in [6.45, 7) is 4.18. The molecular formula is C10H14N6O2. The lowest BCUT2D eigenvalue weighted by Crippen LogP contribution is -2.41. The van der Waals surface area contributed by atoms with Gasteiger partial charge in [-0.1, -0.05) is 5.16 Å². The summed E-state index contributed by atoms with van der Waals surface area (Å²) in [4.78, 5) is 10.9. The minimum absolute atomic E-state index is 0.425. The van der Waals surface area contributed by atoms with E-state index in [0.29, 0.717) is 12.2 Å². The molecule has 0 radical (unpaired) electrons. The number of primary amides is 1. The van der Waals surface area contributed by atoms with Gasteiger partial charge in [-0.3, -0.25) is 4.68 Å². The molecule has 0 aliphatic heterocycles. The molecule has 0 fully saturated rings. The van der Waals surface area contributed by atoms with Crippen LogP contribution in [-0.2, 0) is 6.54 Å². The van der Waals surface area contributed by atoms with Crippen LogP contribution in [0, 0.1) is 13.8 Å². The fourth-order valence-corrected chi connectivity index (χ4v) is 1.58. The van der Waals surface area contributed by atoms with Crippen molar-refractivity contribution in [1.29, 1.82) is 0 Å². The van der Waals surface area contributed by atoms with Crippen LogP contribution in [0.5, 0.6) is 0 Å². The van der Waals surface area contributed by atoms with Crippen molar-refractivity contribution in [3.8, 4) is 0 Å². The topological polar surface area (TPSA) is 116 Å². The van der Waals surface area contributed by atoms with Gasteiger partial charge in [0.2, 0.25) is 0 Å². The molecular weight excluding hydrogens is 236 g/mol. The van der Waals surface area contributed by atoms with E-state index in [-0.39, 0.29) is 0 Å². The Kier molecular flexibility index (Phi) is 3.02. The van der Waals surface area contributed by atoms with Crippen LogP contribution < -0.4 is 16.6 Å². The number of hydrazine groups is 1. The first-order valence-electron chi connectivity index (χ1n) is 5.27. The van der Waals surface area contributed by atoms with Gasteiger partial charge < -0.3 is 10.3 Å². The maximum Gasteiger partial charge on any atom is 0.333 e. The van der Waals surface area contributed by atoms with Crippen molar-refractivity contribution in [2.75, 3.05) is 5.01 Å². The predicted molar refractivity (Wildman–Crippen MR) is 63.6 cm³/mol. The number of carbonyl (C=O) groups excluding carboxylic acids is 1. The number of carbonyl (C=O) groups is 1. The van der Waals surface area contributed by atoms with Crippen molar-refractivity contribution in [2.24, 2.45) is 11.6 Å². The molecule has 2 aromatic rings. The molecule has 8 nitrogen and oxygen atoms in total. The SMILES string of the molecule is Cc1noc(C)c1Cn1cc(N(N)C(N)=O)cn1. The predicted octanol–water partition coefficient (Wildman–Crippen LogP) is 0.295. The van der Waals surface area contributed by atoms with Gasteiger partial charge in [0, 0.05) is 5.56 Å². The van der Waals surface area contributed by atoms with E-state index < -0.39 is 6.03 Å². The van der Waals surface area contributed by atoms with E-state index in [1.54, 1.807) is 10.9 Å². The summed E-state index contributed by atoms with van der Waals surface area (Å²) < 4.78 is 6.69. The van der Waals surface area contributed by atoms with Crippen molar-refractivity contribution in [3.63, 3.8) is 0 Å². The van der Waals surface area contributed by atoms with Gasteiger partial charge in [0.05, 0.1) is 24.6 Å². The smallest absolute Gasteiger partial charge is 0.333 e. The van der Waals surface area contributed by atoms with Gasteiger partial charge in [-0.15, -0.1) is 0 Å². The highest BCUT2D eigenvalue weighted by Crippen LogP contribution is 2.15. The Balaban J connectivity index is 2.19. The van der Waals surface area contributed by atoms with Crippen LogP contribution in [0.1, 0.15) is 17.0 Å². The van der Waals surface area contributed by atoms with Gasteiger partial charge in [-0.25, -0.2) is 15.6 Å². The Labute approximate surface area is 103 Å². The van der Waals surface area contributed by atoms with Crippen molar-refractivity contribution in [3.05, 3.63) is 29.4 Å². The Morgan fingerprint density at radius 3 is 2.83 bits per heavy atom. The lowest BCUT2D eigenvalue weighted by Gasteiger charge is -2.09. The van der Waals surface area contributed by atoms with E-state index in [1.807, 2.05) is 13.8 Å². The normalized spacial score (nSPS) is 10.6. The summed E-state index contributed by atoms with van der Waals surface area (Å²) in [6, 6.07) is -0.744. The quantitative estimate of drug-likeness (QED) is 0.461. The minimum Gasteiger partial charge on any atom is -0.361 e. The first-order valence-corrected chi connectivity index (χ1v) is 5.27. The van der Waals surface area contributed by atoms with Gasteiger partial charge in [-0.2, -0.15) is 5.10 Å². The Bertz CT molecular complexity index is 553. The van der Waals surface area contributed by atoms with E-state index >= 15 is 0 Å². The van der Waals surface area contributed by atoms with Crippen molar-refractivity contribution in [1.82, 2.24) is 14.9 Å². The Hall–Kier alpha value is -2.35. The number of aromatic nitrogens is 3. The summed E-state index contributed by atoms with van der Waals surface area (Å²) >= 11 is 0. The summed E-state index contributed by atoms with van der Waals surface area (Å²) in [5.74, 6) is 6.20. The minimum atomic E-state index is -0.744. The summed E-state index contributed by atoms with van der Waals surface area (Å²) in [5, 5.41) is 8.78. The number of hydrogen-bond acceptors (Lipinski definition) is 5. The number of hydrogen-bond donors (Lipinski definition) is 2.